The van der Waals surface area contributed by atoms with E-state index in [-0.39, 0.29) is 18.9 Å². The zero-order chi connectivity index (χ0) is 20.7. The van der Waals surface area contributed by atoms with E-state index in [9.17, 15) is 14.7 Å². The summed E-state index contributed by atoms with van der Waals surface area (Å²) in [5, 5.41) is 12.3. The van der Waals surface area contributed by atoms with Crippen molar-refractivity contribution in [3.8, 4) is 17.2 Å². The molecule has 1 atom stereocenters. The third kappa shape index (κ3) is 4.94. The number of aliphatic carboxylic acids is 1. The van der Waals surface area contributed by atoms with E-state index < -0.39 is 11.9 Å². The number of ether oxygens (including phenoxy) is 3. The van der Waals surface area contributed by atoms with Gasteiger partial charge < -0.3 is 24.6 Å². The van der Waals surface area contributed by atoms with Crippen LogP contribution in [0.15, 0.2) is 36.4 Å². The molecule has 0 spiro atoms. The maximum absolute atomic E-state index is 12.6. The van der Waals surface area contributed by atoms with Gasteiger partial charge in [-0.3, -0.25) is 9.59 Å². The first-order valence-electron chi connectivity index (χ1n) is 8.76. The van der Waals surface area contributed by atoms with Crippen molar-refractivity contribution >= 4 is 11.9 Å². The predicted octanol–water partition coefficient (Wildman–Crippen LogP) is 2.69. The number of amides is 1. The second-order valence-corrected chi connectivity index (χ2v) is 6.28. The maximum atomic E-state index is 12.6. The number of methoxy groups -OCH3 is 3. The number of para-hydroxylation sites is 1. The molecule has 7 heteroatoms. The average molecular weight is 387 g/mol. The number of aryl methyl sites for hydroxylation is 1. The number of hydrogen-bond donors (Lipinski definition) is 2. The van der Waals surface area contributed by atoms with E-state index in [4.69, 9.17) is 14.2 Å². The summed E-state index contributed by atoms with van der Waals surface area (Å²) < 4.78 is 15.7. The smallest absolute Gasteiger partial charge is 0.308 e. The largest absolute Gasteiger partial charge is 0.496 e. The first-order valence-corrected chi connectivity index (χ1v) is 8.76. The highest BCUT2D eigenvalue weighted by molar-refractivity contribution is 5.96. The molecule has 28 heavy (non-hydrogen) atoms. The summed E-state index contributed by atoms with van der Waals surface area (Å²) >= 11 is 0. The van der Waals surface area contributed by atoms with Crippen molar-refractivity contribution < 1.29 is 28.9 Å². The van der Waals surface area contributed by atoms with Crippen LogP contribution in [0.25, 0.3) is 0 Å². The molecule has 0 aromatic heterocycles. The maximum Gasteiger partial charge on any atom is 0.308 e. The number of rotatable bonds is 9. The quantitative estimate of drug-likeness (QED) is 0.687. The Bertz CT molecular complexity index is 849. The molecule has 1 amide bonds. The van der Waals surface area contributed by atoms with Gasteiger partial charge in [0.25, 0.3) is 5.91 Å². The van der Waals surface area contributed by atoms with Gasteiger partial charge in [0, 0.05) is 12.1 Å². The van der Waals surface area contributed by atoms with Crippen LogP contribution >= 0.6 is 0 Å². The molecule has 0 heterocycles. The van der Waals surface area contributed by atoms with E-state index in [1.54, 1.807) is 25.1 Å². The lowest BCUT2D eigenvalue weighted by molar-refractivity contribution is -0.141. The summed E-state index contributed by atoms with van der Waals surface area (Å²) in [7, 11) is 4.55. The van der Waals surface area contributed by atoms with Crippen molar-refractivity contribution in [2.75, 3.05) is 27.9 Å². The highest BCUT2D eigenvalue weighted by Gasteiger charge is 2.22. The number of carboxylic acids is 1. The molecule has 2 aromatic rings. The molecule has 0 aliphatic carbocycles. The second-order valence-electron chi connectivity index (χ2n) is 6.28. The van der Waals surface area contributed by atoms with E-state index in [1.165, 1.54) is 21.3 Å². The molecule has 150 valence electrons. The summed E-state index contributed by atoms with van der Waals surface area (Å²) in [5.41, 5.74) is 1.87. The molecule has 2 aromatic carbocycles. The lowest BCUT2D eigenvalue weighted by atomic mass is 9.98. The lowest BCUT2D eigenvalue weighted by Crippen LogP contribution is -2.34. The van der Waals surface area contributed by atoms with Gasteiger partial charge in [-0.15, -0.1) is 0 Å². The number of benzene rings is 2. The molecule has 0 fully saturated rings. The van der Waals surface area contributed by atoms with Gasteiger partial charge in [-0.05, 0) is 42.7 Å². The van der Waals surface area contributed by atoms with E-state index in [2.05, 4.69) is 5.32 Å². The van der Waals surface area contributed by atoms with Gasteiger partial charge in [-0.1, -0.05) is 18.2 Å². The summed E-state index contributed by atoms with van der Waals surface area (Å²) in [5.74, 6) is -0.574. The summed E-state index contributed by atoms with van der Waals surface area (Å²) in [6, 6.07) is 10.5. The van der Waals surface area contributed by atoms with Crippen molar-refractivity contribution in [2.45, 2.75) is 13.3 Å². The Morgan fingerprint density at radius 2 is 1.61 bits per heavy atom. The van der Waals surface area contributed by atoms with Gasteiger partial charge in [-0.2, -0.15) is 0 Å². The summed E-state index contributed by atoms with van der Waals surface area (Å²) in [6.45, 7) is 1.76. The second kappa shape index (κ2) is 9.64. The highest BCUT2D eigenvalue weighted by Crippen LogP contribution is 2.30. The van der Waals surface area contributed by atoms with Crippen molar-refractivity contribution in [3.63, 3.8) is 0 Å². The van der Waals surface area contributed by atoms with Crippen LogP contribution in [0.1, 0.15) is 21.5 Å². The van der Waals surface area contributed by atoms with Gasteiger partial charge in [0.05, 0.1) is 27.2 Å². The number of carboxylic acid groups (broad SMARTS) is 1. The van der Waals surface area contributed by atoms with Gasteiger partial charge in [0.15, 0.2) is 11.5 Å². The molecule has 0 saturated carbocycles. The number of carbonyl (C=O) groups is 2. The Morgan fingerprint density at radius 3 is 2.21 bits per heavy atom. The molecule has 2 N–H and O–H groups in total. The van der Waals surface area contributed by atoms with Crippen molar-refractivity contribution in [2.24, 2.45) is 5.92 Å². The SMILES string of the molecule is COc1ccccc1CC(CNC(=O)c1cc(OC)c(OC)cc1C)C(=O)O. The van der Waals surface area contributed by atoms with E-state index in [0.717, 1.165) is 5.56 Å². The lowest BCUT2D eigenvalue weighted by Gasteiger charge is -2.17. The first kappa shape index (κ1) is 21.1. The van der Waals surface area contributed by atoms with Crippen LogP contribution in [0.4, 0.5) is 0 Å². The number of hydrogen-bond acceptors (Lipinski definition) is 5. The third-order valence-corrected chi connectivity index (χ3v) is 4.49. The topological polar surface area (TPSA) is 94.1 Å². The van der Waals surface area contributed by atoms with Crippen LogP contribution < -0.4 is 19.5 Å². The van der Waals surface area contributed by atoms with E-state index in [0.29, 0.717) is 28.4 Å². The van der Waals surface area contributed by atoms with Crippen molar-refractivity contribution in [3.05, 3.63) is 53.1 Å². The Labute approximate surface area is 164 Å². The average Bonchev–Trinajstić information content (AvgIpc) is 2.70. The zero-order valence-corrected chi connectivity index (χ0v) is 16.4. The molecule has 0 aliphatic rings. The number of nitrogens with one attached hydrogen (secondary N) is 1. The third-order valence-electron chi connectivity index (χ3n) is 4.49. The molecule has 2 rings (SSSR count). The normalized spacial score (nSPS) is 11.4. The first-order chi connectivity index (χ1) is 13.4. The molecular formula is C21H25NO6. The monoisotopic (exact) mass is 387 g/mol. The van der Waals surface area contributed by atoms with Gasteiger partial charge in [-0.25, -0.2) is 0 Å². The number of carbonyl (C=O) groups excluding carboxylic acids is 1. The fraction of sp³-hybridized carbons (Fsp3) is 0.333. The molecular weight excluding hydrogens is 362 g/mol. The summed E-state index contributed by atoms with van der Waals surface area (Å²) in [4.78, 5) is 24.3. The molecule has 1 unspecified atom stereocenters. The van der Waals surface area contributed by atoms with Crippen LogP contribution in [0.3, 0.4) is 0 Å². The highest BCUT2D eigenvalue weighted by atomic mass is 16.5. The van der Waals surface area contributed by atoms with Crippen LogP contribution in [-0.4, -0.2) is 44.9 Å². The van der Waals surface area contributed by atoms with E-state index >= 15 is 0 Å². The molecule has 0 aliphatic heterocycles. The molecule has 0 saturated heterocycles. The molecule has 7 nitrogen and oxygen atoms in total. The van der Waals surface area contributed by atoms with Gasteiger partial charge >= 0.3 is 5.97 Å². The van der Waals surface area contributed by atoms with Gasteiger partial charge in [0.1, 0.15) is 5.75 Å². The van der Waals surface area contributed by atoms with Crippen LogP contribution in [0, 0.1) is 12.8 Å². The Hall–Kier alpha value is -3.22. The van der Waals surface area contributed by atoms with Crippen LogP contribution in [-0.2, 0) is 11.2 Å². The van der Waals surface area contributed by atoms with Crippen LogP contribution in [0.2, 0.25) is 0 Å². The Kier molecular flexibility index (Phi) is 7.26. The zero-order valence-electron chi connectivity index (χ0n) is 16.4. The minimum atomic E-state index is -0.991. The fourth-order valence-electron chi connectivity index (χ4n) is 2.92. The fourth-order valence-corrected chi connectivity index (χ4v) is 2.92. The predicted molar refractivity (Wildman–Crippen MR) is 104 cm³/mol. The molecule has 0 radical (unpaired) electrons. The molecule has 0 bridgehead atoms. The Balaban J connectivity index is 2.13. The van der Waals surface area contributed by atoms with Crippen LogP contribution in [0.5, 0.6) is 17.2 Å². The minimum absolute atomic E-state index is 0.0139. The minimum Gasteiger partial charge on any atom is -0.496 e. The van der Waals surface area contributed by atoms with Gasteiger partial charge in [0.2, 0.25) is 0 Å². The van der Waals surface area contributed by atoms with E-state index in [1.807, 2.05) is 18.2 Å². The van der Waals surface area contributed by atoms with Crippen molar-refractivity contribution in [1.29, 1.82) is 0 Å². The summed E-state index contributed by atoms with van der Waals surface area (Å²) in [6.07, 6.45) is 0.241. The standard InChI is InChI=1S/C21H25NO6/c1-13-9-18(27-3)19(28-4)11-16(13)20(23)22-12-15(21(24)25)10-14-7-5-6-8-17(14)26-2/h5-9,11,15H,10,12H2,1-4H3,(H,22,23)(H,24,25). The van der Waals surface area contributed by atoms with Crippen molar-refractivity contribution in [1.82, 2.24) is 5.32 Å². The Morgan fingerprint density at radius 1 is 1.00 bits per heavy atom.